The third-order valence-corrected chi connectivity index (χ3v) is 13.8. The predicted molar refractivity (Wildman–Crippen MR) is 276 cm³/mol. The summed E-state index contributed by atoms with van der Waals surface area (Å²) < 4.78 is 5.86. The molecule has 0 saturated carbocycles. The van der Waals surface area contributed by atoms with Crippen LogP contribution in [0.15, 0.2) is 97.1 Å². The summed E-state index contributed by atoms with van der Waals surface area (Å²) >= 11 is 0. The number of aliphatic hydroxyl groups is 3. The topological polar surface area (TPSA) is 302 Å². The summed E-state index contributed by atoms with van der Waals surface area (Å²) in [5, 5.41) is 55.9. The first-order chi connectivity index (χ1) is 35.9. The number of amides is 7. The molecule has 3 heterocycles. The molecule has 4 aromatic rings. The average Bonchev–Trinajstić information content (AvgIpc) is 4.00. The van der Waals surface area contributed by atoms with Gasteiger partial charge in [0.15, 0.2) is 0 Å². The zero-order valence-corrected chi connectivity index (χ0v) is 42.3. The van der Waals surface area contributed by atoms with Crippen LogP contribution in [0.2, 0.25) is 0 Å². The second kappa shape index (κ2) is 25.2. The molecule has 75 heavy (non-hydrogen) atoms. The maximum Gasteiger partial charge on any atom is 0.251 e. The van der Waals surface area contributed by atoms with E-state index in [0.717, 1.165) is 57.1 Å². The third-order valence-electron chi connectivity index (χ3n) is 13.8. The van der Waals surface area contributed by atoms with Crippen LogP contribution in [0.4, 0.5) is 0 Å². The molecule has 7 amide bonds. The van der Waals surface area contributed by atoms with Crippen molar-refractivity contribution >= 4 is 41.4 Å². The Kier molecular flexibility index (Phi) is 18.6. The first-order valence-electron chi connectivity index (χ1n) is 25.5. The maximum atomic E-state index is 14.4. The molecular weight excluding hydrogens is 965 g/mol. The first-order valence-corrected chi connectivity index (χ1v) is 25.5. The van der Waals surface area contributed by atoms with E-state index in [1.165, 1.54) is 38.1 Å². The molecule has 0 aliphatic carbocycles. The Hall–Kier alpha value is -7.39. The quantitative estimate of drug-likeness (QED) is 0.0907. The number of carbonyl (C=O) groups excluding carboxylic acids is 7. The number of phenols is 1. The molecule has 3 aliphatic rings. The number of nitrogens with two attached hydrogens (primary N) is 1. The minimum Gasteiger partial charge on any atom is -0.508 e. The average molecular weight is 1030 g/mol. The van der Waals surface area contributed by atoms with E-state index in [0.29, 0.717) is 6.61 Å². The molecule has 0 aromatic heterocycles. The van der Waals surface area contributed by atoms with Crippen molar-refractivity contribution < 1.29 is 58.7 Å². The monoisotopic (exact) mass is 1030 g/mol. The van der Waals surface area contributed by atoms with E-state index in [9.17, 15) is 54.0 Å². The highest BCUT2D eigenvalue weighted by molar-refractivity contribution is 6.00. The van der Waals surface area contributed by atoms with Crippen LogP contribution in [0, 0.1) is 0 Å². The van der Waals surface area contributed by atoms with Gasteiger partial charge in [-0.15, -0.1) is 0 Å². The van der Waals surface area contributed by atoms with Gasteiger partial charge in [0.25, 0.3) is 5.91 Å². The summed E-state index contributed by atoms with van der Waals surface area (Å²) in [7, 11) is 0. The second-order valence-electron chi connectivity index (χ2n) is 19.6. The van der Waals surface area contributed by atoms with E-state index < -0.39 is 108 Å². The molecule has 3 fully saturated rings. The van der Waals surface area contributed by atoms with Crippen molar-refractivity contribution in [2.24, 2.45) is 5.73 Å². The van der Waals surface area contributed by atoms with Crippen LogP contribution in [-0.4, -0.2) is 152 Å². The lowest BCUT2D eigenvalue weighted by atomic mass is 9.99. The van der Waals surface area contributed by atoms with Crippen LogP contribution in [0.1, 0.15) is 87.7 Å². The number of rotatable bonds is 12. The van der Waals surface area contributed by atoms with Gasteiger partial charge in [0.2, 0.25) is 35.4 Å². The van der Waals surface area contributed by atoms with E-state index >= 15 is 0 Å². The highest BCUT2D eigenvalue weighted by atomic mass is 16.5. The van der Waals surface area contributed by atoms with Gasteiger partial charge >= 0.3 is 0 Å². The van der Waals surface area contributed by atoms with Crippen LogP contribution in [0.3, 0.4) is 0 Å². The van der Waals surface area contributed by atoms with Crippen molar-refractivity contribution in [3.05, 3.63) is 108 Å². The van der Waals surface area contributed by atoms with E-state index in [4.69, 9.17) is 10.5 Å². The van der Waals surface area contributed by atoms with Crippen molar-refractivity contribution in [2.75, 3.05) is 26.2 Å². The smallest absolute Gasteiger partial charge is 0.251 e. The molecule has 11 N–H and O–H groups in total. The number of unbranched alkanes of at least 4 members (excludes halogenated alkanes) is 2. The van der Waals surface area contributed by atoms with Gasteiger partial charge in [-0.05, 0) is 104 Å². The van der Waals surface area contributed by atoms with Crippen LogP contribution in [-0.2, 0) is 28.8 Å². The highest BCUT2D eigenvalue weighted by Gasteiger charge is 2.46. The van der Waals surface area contributed by atoms with E-state index in [1.54, 1.807) is 24.3 Å². The number of hydrogen-bond donors (Lipinski definition) is 10. The molecule has 3 saturated heterocycles. The standard InChI is InChI=1S/C55H68N8O12/c1-4-5-6-26-75-42-23-19-36(20-24-42)34-11-9-33(10-12-34)35-13-15-38(16-14-35)49(68)58-43-8-7-25-57-51(70)44-27-39(56)29-62(44)54(73)47(32(3)65)60-53(72)48(37-17-21-40(66)22-18-37)61-52(71)45-28-41(67)30-63(45)55(74)46(31(2)64)59-50(43)69/h9-24,31-32,39,41,43-48,64-67H,4-8,25-30,56H2,1-3H3,(H,57,70)(H,58,68)(H,59,69)(H,60,72)(H,61,71)/t31?,32?,39-,41?,43-,44?,45?,46?,47?,48?/m0/s1. The first kappa shape index (κ1) is 55.4. The number of hydrogen-bond acceptors (Lipinski definition) is 13. The van der Waals surface area contributed by atoms with Crippen molar-refractivity contribution in [3.63, 3.8) is 0 Å². The number of carbonyl (C=O) groups is 7. The Bertz CT molecular complexity index is 2650. The fraction of sp³-hybridized carbons (Fsp3) is 0.436. The van der Waals surface area contributed by atoms with Crippen LogP contribution in [0.5, 0.6) is 11.5 Å². The fourth-order valence-corrected chi connectivity index (χ4v) is 9.60. The number of aliphatic hydroxyl groups excluding tert-OH is 3. The lowest BCUT2D eigenvalue weighted by Gasteiger charge is -2.32. The summed E-state index contributed by atoms with van der Waals surface area (Å²) in [5.41, 5.74) is 10.3. The van der Waals surface area contributed by atoms with Crippen molar-refractivity contribution in [2.45, 2.75) is 126 Å². The number of ether oxygens (including phenoxy) is 1. The van der Waals surface area contributed by atoms with Gasteiger partial charge < -0.3 is 67.3 Å². The number of aromatic hydroxyl groups is 1. The Balaban J connectivity index is 1.12. The molecule has 7 rings (SSSR count). The van der Waals surface area contributed by atoms with Gasteiger partial charge in [0.05, 0.1) is 24.9 Å². The summed E-state index contributed by atoms with van der Waals surface area (Å²) in [6.45, 7) is 4.79. The minimum absolute atomic E-state index is 0.0395. The number of fused-ring (bicyclic) bond motifs is 2. The Morgan fingerprint density at radius 1 is 0.693 bits per heavy atom. The molecule has 4 aromatic carbocycles. The largest absolute Gasteiger partial charge is 0.508 e. The molecule has 0 spiro atoms. The van der Waals surface area contributed by atoms with Crippen LogP contribution < -0.4 is 37.1 Å². The van der Waals surface area contributed by atoms with Gasteiger partial charge in [-0.2, -0.15) is 0 Å². The number of phenolic OH excluding ortho intramolecular Hbond substituents is 1. The number of benzene rings is 4. The Labute approximate surface area is 435 Å². The zero-order chi connectivity index (χ0) is 53.9. The molecule has 0 radical (unpaired) electrons. The maximum absolute atomic E-state index is 14.4. The summed E-state index contributed by atoms with van der Waals surface area (Å²) in [6.07, 6.45) is -1.34. The molecule has 400 valence electrons. The van der Waals surface area contributed by atoms with Gasteiger partial charge in [-0.3, -0.25) is 33.6 Å². The molecule has 10 atom stereocenters. The van der Waals surface area contributed by atoms with Crippen LogP contribution in [0.25, 0.3) is 22.3 Å². The number of nitrogens with one attached hydrogen (secondary N) is 5. The lowest BCUT2D eigenvalue weighted by molar-refractivity contribution is -0.145. The SMILES string of the molecule is CCCCCOc1ccc(-c2ccc(-c3ccc(C(=O)N[C@H]4CCCNC(=O)C5C[C@H](N)CN5C(=O)C(C(C)O)NC(=O)C(c5ccc(O)cc5)NC(=O)C5CC(O)CN5C(=O)C(C(C)O)NC4=O)cc3)cc2)cc1. The molecule has 20 heteroatoms. The summed E-state index contributed by atoms with van der Waals surface area (Å²) in [4.78, 5) is 101. The van der Waals surface area contributed by atoms with Gasteiger partial charge in [-0.1, -0.05) is 80.4 Å². The van der Waals surface area contributed by atoms with Gasteiger partial charge in [0.1, 0.15) is 47.8 Å². The summed E-state index contributed by atoms with van der Waals surface area (Å²) in [5.74, 6) is -5.18. The van der Waals surface area contributed by atoms with Crippen molar-refractivity contribution in [1.29, 1.82) is 0 Å². The van der Waals surface area contributed by atoms with Crippen molar-refractivity contribution in [3.8, 4) is 33.8 Å². The highest BCUT2D eigenvalue weighted by Crippen LogP contribution is 2.28. The summed E-state index contributed by atoms with van der Waals surface area (Å²) in [6, 6.07) is 18.3. The minimum atomic E-state index is -1.70. The second-order valence-corrected chi connectivity index (χ2v) is 19.6. The predicted octanol–water partition coefficient (Wildman–Crippen LogP) is 1.78. The number of nitrogens with zero attached hydrogens (tertiary/aromatic N) is 2. The van der Waals surface area contributed by atoms with Gasteiger partial charge in [0, 0.05) is 37.7 Å². The fourth-order valence-electron chi connectivity index (χ4n) is 9.60. The Morgan fingerprint density at radius 2 is 1.23 bits per heavy atom. The molecule has 3 aliphatic heterocycles. The third kappa shape index (κ3) is 13.9. The van der Waals surface area contributed by atoms with E-state index in [-0.39, 0.29) is 55.6 Å². The molecule has 8 unspecified atom stereocenters. The van der Waals surface area contributed by atoms with Crippen LogP contribution >= 0.6 is 0 Å². The Morgan fingerprint density at radius 3 is 1.80 bits per heavy atom. The van der Waals surface area contributed by atoms with E-state index in [1.807, 2.05) is 48.5 Å². The zero-order valence-electron chi connectivity index (χ0n) is 42.3. The van der Waals surface area contributed by atoms with Crippen molar-refractivity contribution in [1.82, 2.24) is 36.4 Å². The van der Waals surface area contributed by atoms with E-state index in [2.05, 4.69) is 33.5 Å². The molecule has 0 bridgehead atoms. The van der Waals surface area contributed by atoms with Gasteiger partial charge in [-0.25, -0.2) is 0 Å². The lowest BCUT2D eigenvalue weighted by Crippen LogP contribution is -2.60. The normalized spacial score (nSPS) is 25.1. The molecular formula is C55H68N8O12. The molecule has 20 nitrogen and oxygen atoms in total.